The van der Waals surface area contributed by atoms with E-state index in [9.17, 15) is 18.0 Å². The number of nitrogens with one attached hydrogen (secondary N) is 2. The number of carbonyl (C=O) groups is 2. The standard InChI is InChI=1S/C22H29N3O5S/c1-5-8-21(26)23-17-11-9-16(10-12-17)22(27)24-19-15-18(13-14-20(19)30-4)31(28,29)25(6-2)7-3/h9-15H,5-8H2,1-4H3,(H,23,26)(H,24,27). The molecule has 0 saturated carbocycles. The molecule has 8 nitrogen and oxygen atoms in total. The van der Waals surface area contributed by atoms with Gasteiger partial charge in [-0.25, -0.2) is 8.42 Å². The van der Waals surface area contributed by atoms with E-state index in [1.165, 1.54) is 29.6 Å². The van der Waals surface area contributed by atoms with Gasteiger partial charge in [-0.15, -0.1) is 0 Å². The van der Waals surface area contributed by atoms with E-state index in [4.69, 9.17) is 4.74 Å². The Kier molecular flexibility index (Phi) is 8.58. The first-order valence-electron chi connectivity index (χ1n) is 10.2. The highest BCUT2D eigenvalue weighted by molar-refractivity contribution is 7.89. The number of ether oxygens (including phenoxy) is 1. The fourth-order valence-corrected chi connectivity index (χ4v) is 4.49. The van der Waals surface area contributed by atoms with E-state index < -0.39 is 15.9 Å². The Hall–Kier alpha value is -2.91. The molecule has 9 heteroatoms. The minimum Gasteiger partial charge on any atom is -0.495 e. The van der Waals surface area contributed by atoms with Crippen LogP contribution in [0, 0.1) is 0 Å². The minimum atomic E-state index is -3.68. The number of hydrogen-bond acceptors (Lipinski definition) is 5. The lowest BCUT2D eigenvalue weighted by atomic mass is 10.1. The Morgan fingerprint density at radius 3 is 2.16 bits per heavy atom. The molecule has 0 aliphatic rings. The van der Waals surface area contributed by atoms with Crippen LogP contribution in [0.3, 0.4) is 0 Å². The highest BCUT2D eigenvalue weighted by Gasteiger charge is 2.23. The third-order valence-corrected chi connectivity index (χ3v) is 6.72. The van der Waals surface area contributed by atoms with Crippen molar-refractivity contribution in [3.63, 3.8) is 0 Å². The van der Waals surface area contributed by atoms with E-state index in [0.29, 0.717) is 36.5 Å². The van der Waals surface area contributed by atoms with Gasteiger partial charge in [-0.1, -0.05) is 20.8 Å². The predicted octanol–water partition coefficient (Wildman–Crippen LogP) is 3.72. The number of carbonyl (C=O) groups excluding carboxylic acids is 2. The lowest BCUT2D eigenvalue weighted by Crippen LogP contribution is -2.30. The van der Waals surface area contributed by atoms with Gasteiger partial charge in [-0.05, 0) is 48.9 Å². The van der Waals surface area contributed by atoms with Gasteiger partial charge in [0.05, 0.1) is 17.7 Å². The van der Waals surface area contributed by atoms with E-state index in [1.54, 1.807) is 38.1 Å². The van der Waals surface area contributed by atoms with E-state index in [0.717, 1.165) is 6.42 Å². The Morgan fingerprint density at radius 2 is 1.61 bits per heavy atom. The largest absolute Gasteiger partial charge is 0.495 e. The summed E-state index contributed by atoms with van der Waals surface area (Å²) in [5.74, 6) is -0.173. The molecule has 2 aromatic carbocycles. The van der Waals surface area contributed by atoms with Gasteiger partial charge in [0.15, 0.2) is 0 Å². The molecule has 0 atom stereocenters. The molecule has 0 aliphatic carbocycles. The maximum atomic E-state index is 12.8. The lowest BCUT2D eigenvalue weighted by Gasteiger charge is -2.19. The summed E-state index contributed by atoms with van der Waals surface area (Å²) in [4.78, 5) is 24.5. The Balaban J connectivity index is 2.25. The second-order valence-electron chi connectivity index (χ2n) is 6.78. The molecular formula is C22H29N3O5S. The molecule has 0 bridgehead atoms. The third-order valence-electron chi connectivity index (χ3n) is 4.67. The lowest BCUT2D eigenvalue weighted by molar-refractivity contribution is -0.116. The summed E-state index contributed by atoms with van der Waals surface area (Å²) in [5.41, 5.74) is 1.20. The Morgan fingerprint density at radius 1 is 0.968 bits per heavy atom. The number of rotatable bonds is 10. The van der Waals surface area contributed by atoms with Gasteiger partial charge in [-0.3, -0.25) is 9.59 Å². The average molecular weight is 448 g/mol. The second-order valence-corrected chi connectivity index (χ2v) is 8.72. The fraction of sp³-hybridized carbons (Fsp3) is 0.364. The minimum absolute atomic E-state index is 0.0706. The SMILES string of the molecule is CCCC(=O)Nc1ccc(C(=O)Nc2cc(S(=O)(=O)N(CC)CC)ccc2OC)cc1. The summed E-state index contributed by atoms with van der Waals surface area (Å²) < 4.78 is 32.2. The summed E-state index contributed by atoms with van der Waals surface area (Å²) in [6.07, 6.45) is 1.17. The van der Waals surface area contributed by atoms with Crippen LogP contribution in [0.15, 0.2) is 47.4 Å². The van der Waals surface area contributed by atoms with Crippen molar-refractivity contribution < 1.29 is 22.7 Å². The van der Waals surface area contributed by atoms with Crippen LogP contribution in [0.2, 0.25) is 0 Å². The number of nitrogens with zero attached hydrogens (tertiary/aromatic N) is 1. The molecule has 0 saturated heterocycles. The van der Waals surface area contributed by atoms with Crippen LogP contribution in [-0.2, 0) is 14.8 Å². The molecule has 0 aliphatic heterocycles. The maximum absolute atomic E-state index is 12.8. The van der Waals surface area contributed by atoms with Crippen molar-refractivity contribution >= 4 is 33.2 Å². The van der Waals surface area contributed by atoms with Gasteiger partial charge < -0.3 is 15.4 Å². The summed E-state index contributed by atoms with van der Waals surface area (Å²) in [7, 11) is -2.24. The van der Waals surface area contributed by atoms with Gasteiger partial charge in [0, 0.05) is 30.8 Å². The van der Waals surface area contributed by atoms with Crippen LogP contribution in [0.5, 0.6) is 5.75 Å². The van der Waals surface area contributed by atoms with Crippen LogP contribution in [0.4, 0.5) is 11.4 Å². The zero-order valence-electron chi connectivity index (χ0n) is 18.3. The van der Waals surface area contributed by atoms with Crippen molar-refractivity contribution in [2.45, 2.75) is 38.5 Å². The third kappa shape index (κ3) is 6.05. The van der Waals surface area contributed by atoms with Crippen molar-refractivity contribution in [3.8, 4) is 5.75 Å². The number of hydrogen-bond donors (Lipinski definition) is 2. The van der Waals surface area contributed by atoms with Crippen molar-refractivity contribution in [2.75, 3.05) is 30.8 Å². The molecule has 0 unspecified atom stereocenters. The number of benzene rings is 2. The molecule has 0 radical (unpaired) electrons. The number of amides is 2. The first-order valence-corrected chi connectivity index (χ1v) is 11.6. The highest BCUT2D eigenvalue weighted by atomic mass is 32.2. The zero-order chi connectivity index (χ0) is 23.0. The number of anilines is 2. The summed E-state index contributed by atoms with van der Waals surface area (Å²) in [5, 5.41) is 5.47. The van der Waals surface area contributed by atoms with E-state index in [2.05, 4.69) is 10.6 Å². The van der Waals surface area contributed by atoms with Gasteiger partial charge in [0.25, 0.3) is 5.91 Å². The number of methoxy groups -OCH3 is 1. The topological polar surface area (TPSA) is 105 Å². The van der Waals surface area contributed by atoms with Crippen LogP contribution < -0.4 is 15.4 Å². The van der Waals surface area contributed by atoms with Crippen LogP contribution in [0.25, 0.3) is 0 Å². The summed E-state index contributed by atoms with van der Waals surface area (Å²) >= 11 is 0. The summed E-state index contributed by atoms with van der Waals surface area (Å²) in [6, 6.07) is 10.8. The fourth-order valence-electron chi connectivity index (χ4n) is 3.01. The Bertz CT molecular complexity index is 1020. The normalized spacial score (nSPS) is 11.3. The molecule has 2 rings (SSSR count). The van der Waals surface area contributed by atoms with Crippen LogP contribution in [-0.4, -0.2) is 44.7 Å². The zero-order valence-corrected chi connectivity index (χ0v) is 19.1. The summed E-state index contributed by atoms with van der Waals surface area (Å²) in [6.45, 7) is 6.13. The van der Waals surface area contributed by atoms with E-state index >= 15 is 0 Å². The second kappa shape index (κ2) is 10.9. The molecular weight excluding hydrogens is 418 g/mol. The molecule has 0 heterocycles. The molecule has 31 heavy (non-hydrogen) atoms. The maximum Gasteiger partial charge on any atom is 0.255 e. The monoisotopic (exact) mass is 447 g/mol. The smallest absolute Gasteiger partial charge is 0.255 e. The Labute approximate surface area is 183 Å². The quantitative estimate of drug-likeness (QED) is 0.578. The van der Waals surface area contributed by atoms with Crippen molar-refractivity contribution in [1.29, 1.82) is 0 Å². The van der Waals surface area contributed by atoms with Gasteiger partial charge in [-0.2, -0.15) is 4.31 Å². The highest BCUT2D eigenvalue weighted by Crippen LogP contribution is 2.29. The van der Waals surface area contributed by atoms with Crippen LogP contribution >= 0.6 is 0 Å². The molecule has 0 fully saturated rings. The first-order chi connectivity index (χ1) is 14.8. The molecule has 168 valence electrons. The van der Waals surface area contributed by atoms with E-state index in [1.807, 2.05) is 6.92 Å². The van der Waals surface area contributed by atoms with Crippen molar-refractivity contribution in [2.24, 2.45) is 0 Å². The van der Waals surface area contributed by atoms with Gasteiger partial charge in [0.1, 0.15) is 5.75 Å². The molecule has 0 spiro atoms. The molecule has 2 aromatic rings. The first kappa shape index (κ1) is 24.4. The predicted molar refractivity (Wildman–Crippen MR) is 121 cm³/mol. The van der Waals surface area contributed by atoms with Gasteiger partial charge in [0.2, 0.25) is 15.9 Å². The van der Waals surface area contributed by atoms with Crippen molar-refractivity contribution in [3.05, 3.63) is 48.0 Å². The molecule has 2 N–H and O–H groups in total. The number of sulfonamides is 1. The van der Waals surface area contributed by atoms with E-state index in [-0.39, 0.29) is 16.5 Å². The van der Waals surface area contributed by atoms with Crippen LogP contribution in [0.1, 0.15) is 44.0 Å². The average Bonchev–Trinajstić information content (AvgIpc) is 2.75. The van der Waals surface area contributed by atoms with Gasteiger partial charge >= 0.3 is 0 Å². The molecule has 0 aromatic heterocycles. The van der Waals surface area contributed by atoms with Crippen molar-refractivity contribution in [1.82, 2.24) is 4.31 Å². The molecule has 2 amide bonds.